The first kappa shape index (κ1) is 17.7. The van der Waals surface area contributed by atoms with Gasteiger partial charge in [-0.05, 0) is 43.0 Å². The fourth-order valence-electron chi connectivity index (χ4n) is 3.19. The van der Waals surface area contributed by atoms with E-state index in [9.17, 15) is 0 Å². The first-order chi connectivity index (χ1) is 13.8. The van der Waals surface area contributed by atoms with Gasteiger partial charge < -0.3 is 9.64 Å². The predicted octanol–water partition coefficient (Wildman–Crippen LogP) is 4.17. The van der Waals surface area contributed by atoms with Crippen molar-refractivity contribution < 1.29 is 4.74 Å². The molecule has 1 aliphatic heterocycles. The summed E-state index contributed by atoms with van der Waals surface area (Å²) in [5, 5.41) is 9.87. The topological polar surface area (TPSA) is 56.1 Å². The molecular weight excluding hydrogens is 390 g/mol. The van der Waals surface area contributed by atoms with Gasteiger partial charge in [0.15, 0.2) is 4.34 Å². The smallest absolute Gasteiger partial charge is 0.232 e. The molecule has 3 heterocycles. The average molecular weight is 410 g/mol. The number of aryl methyl sites for hydroxylation is 1. The summed E-state index contributed by atoms with van der Waals surface area (Å²) in [7, 11) is 0. The molecule has 0 aliphatic carbocycles. The molecule has 0 saturated carbocycles. The van der Waals surface area contributed by atoms with E-state index in [1.54, 1.807) is 23.1 Å². The van der Waals surface area contributed by atoms with E-state index >= 15 is 0 Å². The molecule has 4 aromatic rings. The van der Waals surface area contributed by atoms with Crippen molar-refractivity contribution in [3.8, 4) is 5.69 Å². The number of para-hydroxylation sites is 1. The van der Waals surface area contributed by atoms with Gasteiger partial charge in [-0.25, -0.2) is 4.98 Å². The summed E-state index contributed by atoms with van der Waals surface area (Å²) in [6.07, 6.45) is 0. The Morgan fingerprint density at radius 3 is 2.57 bits per heavy atom. The van der Waals surface area contributed by atoms with E-state index in [0.717, 1.165) is 39.7 Å². The molecule has 0 unspecified atom stereocenters. The number of nitrogens with zero attached hydrogens (tertiary/aromatic N) is 5. The Kier molecular flexibility index (Phi) is 4.76. The molecule has 0 amide bonds. The number of benzene rings is 2. The number of ether oxygens (including phenoxy) is 1. The maximum Gasteiger partial charge on any atom is 0.232 e. The van der Waals surface area contributed by atoms with E-state index in [1.165, 1.54) is 10.3 Å². The number of morpholine rings is 1. The third-order valence-corrected chi connectivity index (χ3v) is 6.70. The van der Waals surface area contributed by atoms with Crippen molar-refractivity contribution in [1.82, 2.24) is 19.7 Å². The molecular formula is C20H19N5OS2. The summed E-state index contributed by atoms with van der Waals surface area (Å²) >= 11 is 3.24. The van der Waals surface area contributed by atoms with Crippen LogP contribution in [0.4, 0.5) is 5.95 Å². The molecule has 2 aromatic heterocycles. The van der Waals surface area contributed by atoms with Crippen molar-refractivity contribution in [3.63, 3.8) is 0 Å². The van der Waals surface area contributed by atoms with Gasteiger partial charge >= 0.3 is 0 Å². The minimum absolute atomic E-state index is 0.709. The number of hydrogen-bond donors (Lipinski definition) is 0. The van der Waals surface area contributed by atoms with Crippen molar-refractivity contribution in [2.24, 2.45) is 0 Å². The van der Waals surface area contributed by atoms with E-state index in [-0.39, 0.29) is 0 Å². The largest absolute Gasteiger partial charge is 0.378 e. The number of thiazole rings is 1. The number of hydrogen-bond acceptors (Lipinski definition) is 7. The fourth-order valence-corrected chi connectivity index (χ4v) is 5.21. The molecule has 5 rings (SSSR count). The van der Waals surface area contributed by atoms with E-state index in [4.69, 9.17) is 9.72 Å². The maximum absolute atomic E-state index is 5.51. The van der Waals surface area contributed by atoms with E-state index in [1.807, 2.05) is 18.2 Å². The van der Waals surface area contributed by atoms with Crippen LogP contribution in [0, 0.1) is 6.92 Å². The third-order valence-electron chi connectivity index (χ3n) is 4.66. The minimum atomic E-state index is 0.709. The Balaban J connectivity index is 1.56. The molecule has 28 heavy (non-hydrogen) atoms. The molecule has 1 fully saturated rings. The lowest BCUT2D eigenvalue weighted by Gasteiger charge is -2.27. The highest BCUT2D eigenvalue weighted by Crippen LogP contribution is 2.36. The van der Waals surface area contributed by atoms with Crippen molar-refractivity contribution in [2.75, 3.05) is 31.2 Å². The van der Waals surface area contributed by atoms with Gasteiger partial charge in [-0.3, -0.25) is 4.57 Å². The van der Waals surface area contributed by atoms with Crippen LogP contribution in [0.3, 0.4) is 0 Å². The van der Waals surface area contributed by atoms with Gasteiger partial charge in [-0.2, -0.15) is 0 Å². The van der Waals surface area contributed by atoms with Gasteiger partial charge in [0.2, 0.25) is 11.1 Å². The lowest BCUT2D eigenvalue weighted by Crippen LogP contribution is -2.37. The Morgan fingerprint density at radius 1 is 1.00 bits per heavy atom. The third kappa shape index (κ3) is 3.39. The number of aromatic nitrogens is 4. The molecule has 0 spiro atoms. The Bertz CT molecular complexity index is 1070. The molecule has 2 aromatic carbocycles. The Morgan fingerprint density at radius 2 is 1.79 bits per heavy atom. The number of anilines is 1. The first-order valence-corrected chi connectivity index (χ1v) is 10.8. The quantitative estimate of drug-likeness (QED) is 0.504. The van der Waals surface area contributed by atoms with Crippen LogP contribution in [-0.2, 0) is 4.74 Å². The second-order valence-corrected chi connectivity index (χ2v) is 8.85. The zero-order valence-corrected chi connectivity index (χ0v) is 17.0. The molecule has 6 nitrogen and oxygen atoms in total. The summed E-state index contributed by atoms with van der Waals surface area (Å²) < 4.78 is 9.78. The fraction of sp³-hybridized carbons (Fsp3) is 0.250. The van der Waals surface area contributed by atoms with E-state index in [2.05, 4.69) is 56.9 Å². The van der Waals surface area contributed by atoms with E-state index < -0.39 is 0 Å². The molecule has 0 radical (unpaired) electrons. The second kappa shape index (κ2) is 7.54. The summed E-state index contributed by atoms with van der Waals surface area (Å²) in [6, 6.07) is 16.7. The molecule has 0 atom stereocenters. The molecule has 1 saturated heterocycles. The van der Waals surface area contributed by atoms with Gasteiger partial charge in [-0.1, -0.05) is 29.8 Å². The van der Waals surface area contributed by atoms with Crippen LogP contribution in [0.5, 0.6) is 0 Å². The predicted molar refractivity (Wildman–Crippen MR) is 113 cm³/mol. The molecule has 0 N–H and O–H groups in total. The van der Waals surface area contributed by atoms with Crippen molar-refractivity contribution >= 4 is 39.3 Å². The van der Waals surface area contributed by atoms with Gasteiger partial charge in [0, 0.05) is 13.1 Å². The standard InChI is InChI=1S/C20H19N5OS2/c1-14-6-8-15(9-7-14)25-18(24-10-12-26-13-11-24)22-23-19(25)28-20-21-16-4-2-3-5-17(16)27-20/h2-9H,10-13H2,1H3. The highest BCUT2D eigenvalue weighted by atomic mass is 32.2. The average Bonchev–Trinajstić information content (AvgIpc) is 3.33. The van der Waals surface area contributed by atoms with Crippen LogP contribution in [0.15, 0.2) is 58.0 Å². The van der Waals surface area contributed by atoms with Gasteiger partial charge in [0.05, 0.1) is 29.1 Å². The normalized spacial score (nSPS) is 14.7. The van der Waals surface area contributed by atoms with Crippen LogP contribution < -0.4 is 4.90 Å². The molecule has 0 bridgehead atoms. The van der Waals surface area contributed by atoms with Gasteiger partial charge in [0.1, 0.15) is 0 Å². The lowest BCUT2D eigenvalue weighted by molar-refractivity contribution is 0.122. The van der Waals surface area contributed by atoms with Crippen LogP contribution >= 0.6 is 23.1 Å². The molecule has 8 heteroatoms. The Hall–Kier alpha value is -2.42. The summed E-state index contributed by atoms with van der Waals surface area (Å²) in [4.78, 5) is 6.98. The summed E-state index contributed by atoms with van der Waals surface area (Å²) in [6.45, 7) is 5.14. The lowest BCUT2D eigenvalue weighted by atomic mass is 10.2. The molecule has 142 valence electrons. The van der Waals surface area contributed by atoms with Crippen LogP contribution in [0.1, 0.15) is 5.56 Å². The number of rotatable bonds is 4. The van der Waals surface area contributed by atoms with E-state index in [0.29, 0.717) is 13.2 Å². The van der Waals surface area contributed by atoms with Crippen LogP contribution in [0.25, 0.3) is 15.9 Å². The van der Waals surface area contributed by atoms with Gasteiger partial charge in [-0.15, -0.1) is 21.5 Å². The van der Waals surface area contributed by atoms with Crippen molar-refractivity contribution in [1.29, 1.82) is 0 Å². The zero-order chi connectivity index (χ0) is 18.9. The zero-order valence-electron chi connectivity index (χ0n) is 15.4. The number of fused-ring (bicyclic) bond motifs is 1. The summed E-state index contributed by atoms with van der Waals surface area (Å²) in [5.74, 6) is 0.857. The van der Waals surface area contributed by atoms with Crippen LogP contribution in [0.2, 0.25) is 0 Å². The SMILES string of the molecule is Cc1ccc(-n2c(Sc3nc4ccccc4s3)nnc2N2CCOCC2)cc1. The Labute approximate surface area is 171 Å². The molecule has 1 aliphatic rings. The van der Waals surface area contributed by atoms with Crippen molar-refractivity contribution in [2.45, 2.75) is 16.4 Å². The monoisotopic (exact) mass is 409 g/mol. The highest BCUT2D eigenvalue weighted by molar-refractivity contribution is 8.01. The summed E-state index contributed by atoms with van der Waals surface area (Å²) in [5.41, 5.74) is 3.30. The highest BCUT2D eigenvalue weighted by Gasteiger charge is 2.22. The van der Waals surface area contributed by atoms with Crippen LogP contribution in [-0.4, -0.2) is 46.1 Å². The van der Waals surface area contributed by atoms with Gasteiger partial charge in [0.25, 0.3) is 0 Å². The van der Waals surface area contributed by atoms with Crippen molar-refractivity contribution in [3.05, 3.63) is 54.1 Å². The second-order valence-electron chi connectivity index (χ2n) is 6.60. The maximum atomic E-state index is 5.51. The minimum Gasteiger partial charge on any atom is -0.378 e. The first-order valence-electron chi connectivity index (χ1n) is 9.16.